The van der Waals surface area contributed by atoms with Gasteiger partial charge in [0.25, 0.3) is 0 Å². The molecule has 2 atom stereocenters. The predicted molar refractivity (Wildman–Crippen MR) is 121 cm³/mol. The van der Waals surface area contributed by atoms with Crippen LogP contribution in [0, 0.1) is 17.2 Å². The van der Waals surface area contributed by atoms with Crippen molar-refractivity contribution < 1.29 is 9.53 Å². The van der Waals surface area contributed by atoms with Gasteiger partial charge in [-0.15, -0.1) is 11.8 Å². The van der Waals surface area contributed by atoms with Crippen LogP contribution in [0.1, 0.15) is 36.3 Å². The molecule has 0 aromatic heterocycles. The lowest BCUT2D eigenvalue weighted by Crippen LogP contribution is -2.30. The maximum Gasteiger partial charge on any atom is 0.161 e. The number of nitrogens with zero attached hydrogens (tertiary/aromatic N) is 2. The number of ether oxygens (including phenoxy) is 1. The van der Waals surface area contributed by atoms with E-state index < -0.39 is 5.92 Å². The highest BCUT2D eigenvalue weighted by Gasteiger charge is 2.40. The second-order valence-electron chi connectivity index (χ2n) is 7.36. The molecule has 152 valence electrons. The second-order valence-corrected chi connectivity index (χ2v) is 8.79. The average molecular weight is 437 g/mol. The molecule has 30 heavy (non-hydrogen) atoms. The fraction of sp³-hybridized carbons (Fsp3) is 0.292. The lowest BCUT2D eigenvalue weighted by atomic mass is 9.74. The van der Waals surface area contributed by atoms with E-state index in [9.17, 15) is 10.1 Å². The van der Waals surface area contributed by atoms with Crippen molar-refractivity contribution >= 4 is 34.2 Å². The van der Waals surface area contributed by atoms with Crippen LogP contribution in [0.5, 0.6) is 5.75 Å². The fourth-order valence-corrected chi connectivity index (χ4v) is 5.16. The number of hydrogen-bond donors (Lipinski definition) is 0. The number of methoxy groups -OCH3 is 1. The third kappa shape index (κ3) is 4.16. The molecule has 6 heteroatoms. The number of allylic oxidation sites excluding steroid dienone is 2. The van der Waals surface area contributed by atoms with Crippen LogP contribution >= 0.6 is 23.4 Å². The maximum atomic E-state index is 12.8. The molecule has 2 aliphatic rings. The number of aliphatic imine (C=N–C) groups is 1. The van der Waals surface area contributed by atoms with E-state index in [1.54, 1.807) is 18.9 Å². The highest BCUT2D eigenvalue weighted by molar-refractivity contribution is 8.13. The minimum atomic E-state index is -0.489. The van der Waals surface area contributed by atoms with Gasteiger partial charge in [-0.1, -0.05) is 35.9 Å². The Hall–Kier alpha value is -2.55. The van der Waals surface area contributed by atoms with Gasteiger partial charge >= 0.3 is 0 Å². The topological polar surface area (TPSA) is 62.4 Å². The van der Waals surface area contributed by atoms with E-state index in [1.165, 1.54) is 0 Å². The van der Waals surface area contributed by atoms with Crippen LogP contribution in [0.3, 0.4) is 0 Å². The van der Waals surface area contributed by atoms with E-state index in [1.807, 2.05) is 48.5 Å². The summed E-state index contributed by atoms with van der Waals surface area (Å²) < 4.78 is 5.27. The molecule has 0 radical (unpaired) electrons. The summed E-state index contributed by atoms with van der Waals surface area (Å²) in [5.41, 5.74) is 3.62. The summed E-state index contributed by atoms with van der Waals surface area (Å²) in [5.74, 6) is 0.770. The van der Waals surface area contributed by atoms with Gasteiger partial charge in [0.15, 0.2) is 5.78 Å². The van der Waals surface area contributed by atoms with Crippen LogP contribution in [0.15, 0.2) is 64.8 Å². The summed E-state index contributed by atoms with van der Waals surface area (Å²) in [6.45, 7) is 0. The Morgan fingerprint density at radius 1 is 1.17 bits per heavy atom. The Kier molecular flexibility index (Phi) is 6.26. The van der Waals surface area contributed by atoms with Crippen molar-refractivity contribution in [1.82, 2.24) is 0 Å². The Morgan fingerprint density at radius 2 is 1.90 bits per heavy atom. The smallest absolute Gasteiger partial charge is 0.161 e. The summed E-state index contributed by atoms with van der Waals surface area (Å²) in [5, 5.41) is 11.6. The van der Waals surface area contributed by atoms with Crippen LogP contribution in [0.2, 0.25) is 5.02 Å². The zero-order chi connectivity index (χ0) is 21.1. The number of hydrogen-bond acceptors (Lipinski definition) is 5. The molecule has 0 spiro atoms. The standard InChI is InChI=1S/C24H21ClN2O2S/c1-29-18-11-7-16(8-12-18)22-19(13-26)24(27-20-3-2-4-21(28)23(20)22)30-14-15-5-9-17(25)10-6-15/h5-12,19,22H,2-4,14H2,1H3/t19-,22-/m1/s1. The first kappa shape index (κ1) is 20.7. The number of rotatable bonds is 4. The van der Waals surface area contributed by atoms with Crippen LogP contribution in [0.25, 0.3) is 0 Å². The SMILES string of the molecule is COc1ccc([C@H]2C3=C(CCCC3=O)N=C(SCc3ccc(Cl)cc3)[C@@H]2C#N)cc1. The molecule has 0 saturated heterocycles. The highest BCUT2D eigenvalue weighted by Crippen LogP contribution is 2.45. The molecular weight excluding hydrogens is 416 g/mol. The van der Waals surface area contributed by atoms with Gasteiger partial charge < -0.3 is 4.74 Å². The first-order chi connectivity index (χ1) is 14.6. The van der Waals surface area contributed by atoms with Crippen molar-refractivity contribution in [2.75, 3.05) is 7.11 Å². The van der Waals surface area contributed by atoms with Gasteiger partial charge in [0, 0.05) is 34.4 Å². The van der Waals surface area contributed by atoms with Gasteiger partial charge in [-0.25, -0.2) is 4.99 Å². The molecule has 1 aliphatic carbocycles. The predicted octanol–water partition coefficient (Wildman–Crippen LogP) is 5.92. The maximum absolute atomic E-state index is 12.8. The van der Waals surface area contributed by atoms with Crippen LogP contribution in [0.4, 0.5) is 0 Å². The van der Waals surface area contributed by atoms with Crippen LogP contribution in [-0.4, -0.2) is 17.9 Å². The average Bonchev–Trinajstić information content (AvgIpc) is 2.78. The van der Waals surface area contributed by atoms with E-state index in [0.717, 1.165) is 40.5 Å². The largest absolute Gasteiger partial charge is 0.497 e. The molecule has 4 rings (SSSR count). The Labute approximate surface area is 185 Å². The van der Waals surface area contributed by atoms with Crippen molar-refractivity contribution in [1.29, 1.82) is 5.26 Å². The molecule has 0 fully saturated rings. The number of carbonyl (C=O) groups is 1. The van der Waals surface area contributed by atoms with E-state index in [4.69, 9.17) is 21.3 Å². The highest BCUT2D eigenvalue weighted by atomic mass is 35.5. The quantitative estimate of drug-likeness (QED) is 0.596. The first-order valence-corrected chi connectivity index (χ1v) is 11.2. The van der Waals surface area contributed by atoms with Crippen molar-refractivity contribution in [3.63, 3.8) is 0 Å². The number of nitriles is 1. The monoisotopic (exact) mass is 436 g/mol. The number of Topliss-reactive ketones (excluding diaryl/α,β-unsaturated/α-hetero) is 1. The van der Waals surface area contributed by atoms with Gasteiger partial charge in [-0.3, -0.25) is 4.79 Å². The zero-order valence-electron chi connectivity index (χ0n) is 16.6. The normalized spacial score (nSPS) is 21.0. The summed E-state index contributed by atoms with van der Waals surface area (Å²) >= 11 is 7.55. The zero-order valence-corrected chi connectivity index (χ0v) is 18.2. The lowest BCUT2D eigenvalue weighted by molar-refractivity contribution is -0.116. The number of ketones is 1. The number of halogens is 1. The van der Waals surface area contributed by atoms with Crippen LogP contribution in [-0.2, 0) is 10.5 Å². The minimum absolute atomic E-state index is 0.114. The Balaban J connectivity index is 1.70. The molecule has 0 N–H and O–H groups in total. The molecule has 0 bridgehead atoms. The third-order valence-electron chi connectivity index (χ3n) is 5.50. The van der Waals surface area contributed by atoms with Crippen LogP contribution < -0.4 is 4.74 Å². The summed E-state index contributed by atoms with van der Waals surface area (Å²) in [6, 6.07) is 17.8. The molecule has 0 amide bonds. The molecule has 4 nitrogen and oxygen atoms in total. The fourth-order valence-electron chi connectivity index (χ4n) is 3.99. The van der Waals surface area contributed by atoms with Gasteiger partial charge in [-0.2, -0.15) is 5.26 Å². The van der Waals surface area contributed by atoms with Crippen molar-refractivity contribution in [3.8, 4) is 11.8 Å². The Morgan fingerprint density at radius 3 is 2.57 bits per heavy atom. The molecule has 0 unspecified atom stereocenters. The molecule has 1 heterocycles. The molecule has 2 aromatic carbocycles. The summed E-state index contributed by atoms with van der Waals surface area (Å²) in [7, 11) is 1.62. The summed E-state index contributed by atoms with van der Waals surface area (Å²) in [6.07, 6.45) is 2.10. The van der Waals surface area contributed by atoms with E-state index >= 15 is 0 Å². The van der Waals surface area contributed by atoms with E-state index in [0.29, 0.717) is 22.8 Å². The van der Waals surface area contributed by atoms with Crippen molar-refractivity contribution in [3.05, 3.63) is 76.0 Å². The number of benzene rings is 2. The molecule has 2 aromatic rings. The number of carbonyl (C=O) groups excluding carboxylic acids is 1. The van der Waals surface area contributed by atoms with Gasteiger partial charge in [0.2, 0.25) is 0 Å². The number of thioether (sulfide) groups is 1. The van der Waals surface area contributed by atoms with Gasteiger partial charge in [0.1, 0.15) is 11.7 Å². The first-order valence-electron chi connectivity index (χ1n) is 9.86. The third-order valence-corrected chi connectivity index (χ3v) is 6.87. The summed E-state index contributed by atoms with van der Waals surface area (Å²) in [4.78, 5) is 17.6. The molecule has 1 aliphatic heterocycles. The molecule has 0 saturated carbocycles. The second kappa shape index (κ2) is 9.07. The van der Waals surface area contributed by atoms with Crippen molar-refractivity contribution in [2.24, 2.45) is 10.9 Å². The van der Waals surface area contributed by atoms with Gasteiger partial charge in [-0.05, 0) is 48.2 Å². The lowest BCUT2D eigenvalue weighted by Gasteiger charge is -2.33. The molecular formula is C24H21ClN2O2S. The Bertz CT molecular complexity index is 1050. The van der Waals surface area contributed by atoms with E-state index in [-0.39, 0.29) is 11.7 Å². The minimum Gasteiger partial charge on any atom is -0.497 e. The van der Waals surface area contributed by atoms with Gasteiger partial charge in [0.05, 0.1) is 18.2 Å². The van der Waals surface area contributed by atoms with Crippen molar-refractivity contribution in [2.45, 2.75) is 30.9 Å². The van der Waals surface area contributed by atoms with E-state index in [2.05, 4.69) is 6.07 Å².